The first-order valence-electron chi connectivity index (χ1n) is 8.31. The molecule has 22 heavy (non-hydrogen) atoms. The van der Waals surface area contributed by atoms with Crippen LogP contribution in [0.15, 0.2) is 0 Å². The van der Waals surface area contributed by atoms with Crippen LogP contribution in [-0.2, 0) is 19.1 Å². The molecular formula is C14H24N3O5+. The zero-order chi connectivity index (χ0) is 19.8. The fraction of sp³-hybridized carbons (Fsp3) is 0.714. The van der Waals surface area contributed by atoms with Gasteiger partial charge in [0.05, 0.1) is 16.4 Å². The predicted molar refractivity (Wildman–Crippen MR) is 77.3 cm³/mol. The Bertz CT molecular complexity index is 544. The third kappa shape index (κ3) is 7.66. The molecule has 0 radical (unpaired) electrons. The third-order valence-electron chi connectivity index (χ3n) is 2.68. The summed E-state index contributed by atoms with van der Waals surface area (Å²) in [7, 11) is 0. The summed E-state index contributed by atoms with van der Waals surface area (Å²) in [6.45, 7) is 1.85. The summed E-state index contributed by atoms with van der Waals surface area (Å²) in [5.74, 6) is -2.81. The zero-order valence-corrected chi connectivity index (χ0v) is 12.8. The number of ether oxygens (including phenoxy) is 1. The number of Topliss-reactive ketones (excluding diaryl/α,β-unsaturated/α-hetero) is 1. The molecule has 0 saturated carbocycles. The Balaban J connectivity index is 5.10. The molecule has 8 heteroatoms. The second-order valence-corrected chi connectivity index (χ2v) is 5.09. The van der Waals surface area contributed by atoms with E-state index in [-0.39, 0.29) is 12.8 Å². The molecular weight excluding hydrogens is 290 g/mol. The van der Waals surface area contributed by atoms with Crippen LogP contribution in [0.25, 0.3) is 0 Å². The molecule has 0 fully saturated rings. The van der Waals surface area contributed by atoms with E-state index in [0.29, 0.717) is 0 Å². The highest BCUT2D eigenvalue weighted by molar-refractivity contribution is 6.25. The predicted octanol–water partition coefficient (Wildman–Crippen LogP) is 0.0990. The molecule has 0 rings (SSSR count). The first kappa shape index (κ1) is 14.9. The van der Waals surface area contributed by atoms with Crippen molar-refractivity contribution < 1.29 is 33.1 Å². The molecule has 0 aliphatic carbocycles. The molecule has 0 saturated heterocycles. The first-order chi connectivity index (χ1) is 11.4. The minimum absolute atomic E-state index is 0.187. The highest BCUT2D eigenvalue weighted by Gasteiger charge is 2.28. The molecule has 0 aromatic heterocycles. The van der Waals surface area contributed by atoms with Crippen molar-refractivity contribution in [1.82, 2.24) is 5.32 Å². The van der Waals surface area contributed by atoms with Crippen LogP contribution in [0.3, 0.4) is 0 Å². The number of hydrogen-bond donors (Lipinski definition) is 3. The maximum atomic E-state index is 12.1. The van der Waals surface area contributed by atoms with E-state index in [1.165, 1.54) is 6.92 Å². The molecule has 0 aliphatic heterocycles. The van der Waals surface area contributed by atoms with Gasteiger partial charge in [0.25, 0.3) is 0 Å². The van der Waals surface area contributed by atoms with Crippen molar-refractivity contribution in [1.29, 1.82) is 5.53 Å². The largest absolute Gasteiger partial charge is 0.461 e. The van der Waals surface area contributed by atoms with Gasteiger partial charge in [-0.05, 0) is 26.1 Å². The maximum absolute atomic E-state index is 12.1. The fourth-order valence-corrected chi connectivity index (χ4v) is 1.49. The van der Waals surface area contributed by atoms with E-state index in [1.807, 2.05) is 0 Å². The van der Waals surface area contributed by atoms with E-state index < -0.39 is 48.7 Å². The maximum Gasteiger partial charge on any atom is 0.372 e. The molecule has 124 valence electrons. The zero-order valence-electron chi connectivity index (χ0n) is 15.8. The van der Waals surface area contributed by atoms with Gasteiger partial charge in [0, 0.05) is 10.5 Å². The van der Waals surface area contributed by atoms with Gasteiger partial charge < -0.3 is 15.2 Å². The van der Waals surface area contributed by atoms with Crippen LogP contribution in [-0.4, -0.2) is 52.0 Å². The fourth-order valence-electron chi connectivity index (χ4n) is 1.49. The van der Waals surface area contributed by atoms with E-state index in [4.69, 9.17) is 14.4 Å². The summed E-state index contributed by atoms with van der Waals surface area (Å²) in [6.07, 6.45) is -2.44. The first-order valence-corrected chi connectivity index (χ1v) is 6.81. The lowest BCUT2D eigenvalue weighted by atomic mass is 10.0. The highest BCUT2D eigenvalue weighted by Crippen LogP contribution is 2.06. The lowest BCUT2D eigenvalue weighted by Gasteiger charge is -2.21. The monoisotopic (exact) mass is 317 g/mol. The molecule has 3 N–H and O–H groups in total. The standard InChI is InChI=1S/C14H23N3O5/c1-8(2)12(19)13(20)17-11(14(21)22-9(3)4)6-5-10(18)7-16-15/h7-9,11-12,15,19H,5-6H2,1-4H3/p+1/t11-,12-/m0/s1/i3D3/t9?,11-,12-. The number of carbonyl (C=O) groups excluding carboxylic acids is 3. The summed E-state index contributed by atoms with van der Waals surface area (Å²) in [5, 5.41) is 12.0. The number of nitrogens with one attached hydrogen (secondary N) is 2. The van der Waals surface area contributed by atoms with Crippen LogP contribution < -0.4 is 5.32 Å². The molecule has 1 amide bonds. The van der Waals surface area contributed by atoms with Crippen molar-refractivity contribution in [2.75, 3.05) is 0 Å². The van der Waals surface area contributed by atoms with E-state index in [0.717, 1.165) is 6.21 Å². The second kappa shape index (κ2) is 9.81. The number of nitrogens with zero attached hydrogens (tertiary/aromatic N) is 1. The summed E-state index contributed by atoms with van der Waals surface area (Å²) in [5.41, 5.74) is 6.57. The Morgan fingerprint density at radius 1 is 1.41 bits per heavy atom. The normalized spacial score (nSPS) is 17.0. The van der Waals surface area contributed by atoms with Crippen LogP contribution >= 0.6 is 0 Å². The number of esters is 1. The minimum Gasteiger partial charge on any atom is -0.461 e. The molecule has 0 aliphatic rings. The Morgan fingerprint density at radius 2 is 2.05 bits per heavy atom. The van der Waals surface area contributed by atoms with Crippen molar-refractivity contribution in [2.45, 2.75) is 58.7 Å². The van der Waals surface area contributed by atoms with Crippen molar-refractivity contribution in [3.05, 3.63) is 0 Å². The van der Waals surface area contributed by atoms with E-state index in [2.05, 4.69) is 10.1 Å². The molecule has 0 spiro atoms. The van der Waals surface area contributed by atoms with Crippen LogP contribution in [0.2, 0.25) is 0 Å². The van der Waals surface area contributed by atoms with E-state index in [1.54, 1.807) is 13.8 Å². The summed E-state index contributed by atoms with van der Waals surface area (Å²) < 4.78 is 26.4. The molecule has 1 unspecified atom stereocenters. The van der Waals surface area contributed by atoms with E-state index in [9.17, 15) is 19.5 Å². The number of aliphatic hydroxyl groups excluding tert-OH is 1. The number of ketones is 1. The van der Waals surface area contributed by atoms with Crippen LogP contribution in [0.1, 0.15) is 44.6 Å². The van der Waals surface area contributed by atoms with Gasteiger partial charge in [-0.15, -0.1) is 0 Å². The van der Waals surface area contributed by atoms with Gasteiger partial charge in [-0.3, -0.25) is 9.59 Å². The average Bonchev–Trinajstić information content (AvgIpc) is 2.49. The Hall–Kier alpha value is -2.05. The Kier molecular flexibility index (Phi) is 6.63. The Labute approximate surface area is 133 Å². The van der Waals surface area contributed by atoms with Gasteiger partial charge in [0.15, 0.2) is 0 Å². The van der Waals surface area contributed by atoms with Crippen LogP contribution in [0, 0.1) is 11.4 Å². The average molecular weight is 317 g/mol. The summed E-state index contributed by atoms with van der Waals surface area (Å²) in [4.78, 5) is 38.3. The van der Waals surface area contributed by atoms with Crippen molar-refractivity contribution in [3.8, 4) is 0 Å². The van der Waals surface area contributed by atoms with Crippen molar-refractivity contribution in [2.24, 2.45) is 5.92 Å². The van der Waals surface area contributed by atoms with Gasteiger partial charge in [0.2, 0.25) is 11.7 Å². The number of aliphatic hydroxyl groups is 1. The molecule has 0 aromatic rings. The SMILES string of the molecule is [2H]C([2H])([2H])C(C)OC(=O)[C@H](CCC(=O)C=[N+]=N)NC(=O)[C@@H](O)C(C)C. The van der Waals surface area contributed by atoms with Crippen molar-refractivity contribution >= 4 is 23.9 Å². The Morgan fingerprint density at radius 3 is 2.55 bits per heavy atom. The summed E-state index contributed by atoms with van der Waals surface area (Å²) in [6, 6.07) is -1.31. The molecule has 3 atom stereocenters. The second-order valence-electron chi connectivity index (χ2n) is 5.09. The quantitative estimate of drug-likeness (QED) is 0.240. The topological polar surface area (TPSA) is 131 Å². The smallest absolute Gasteiger partial charge is 0.372 e. The third-order valence-corrected chi connectivity index (χ3v) is 2.68. The molecule has 0 bridgehead atoms. The van der Waals surface area contributed by atoms with Crippen LogP contribution in [0.5, 0.6) is 0 Å². The van der Waals surface area contributed by atoms with E-state index >= 15 is 0 Å². The number of carbonyl (C=O) groups is 3. The molecule has 0 aromatic carbocycles. The van der Waals surface area contributed by atoms with Gasteiger partial charge in [-0.1, -0.05) is 13.8 Å². The lowest BCUT2D eigenvalue weighted by Crippen LogP contribution is -2.48. The molecule has 8 nitrogen and oxygen atoms in total. The van der Waals surface area contributed by atoms with Gasteiger partial charge in [0.1, 0.15) is 12.1 Å². The highest BCUT2D eigenvalue weighted by atomic mass is 16.5. The number of hydrogen-bond acceptors (Lipinski definition) is 6. The number of rotatable bonds is 9. The minimum atomic E-state index is -2.53. The van der Waals surface area contributed by atoms with Gasteiger partial charge >= 0.3 is 12.2 Å². The van der Waals surface area contributed by atoms with Crippen molar-refractivity contribution in [3.63, 3.8) is 0 Å². The van der Waals surface area contributed by atoms with Gasteiger partial charge in [-0.2, -0.15) is 0 Å². The molecule has 0 heterocycles. The van der Waals surface area contributed by atoms with Crippen LogP contribution in [0.4, 0.5) is 0 Å². The number of amides is 1. The lowest BCUT2D eigenvalue weighted by molar-refractivity contribution is -0.153. The summed E-state index contributed by atoms with van der Waals surface area (Å²) >= 11 is 0. The van der Waals surface area contributed by atoms with Gasteiger partial charge in [-0.25, -0.2) is 4.79 Å².